The van der Waals surface area contributed by atoms with E-state index in [1.54, 1.807) is 7.11 Å². The molecular weight excluding hydrogens is 268 g/mol. The van der Waals surface area contributed by atoms with Crippen molar-refractivity contribution in [3.63, 3.8) is 0 Å². The lowest BCUT2D eigenvalue weighted by atomic mass is 10.1. The van der Waals surface area contributed by atoms with E-state index in [4.69, 9.17) is 9.47 Å². The van der Waals surface area contributed by atoms with Crippen molar-refractivity contribution in [1.82, 2.24) is 0 Å². The number of esters is 1. The first-order chi connectivity index (χ1) is 10.1. The topological polar surface area (TPSA) is 52.6 Å². The summed E-state index contributed by atoms with van der Waals surface area (Å²) >= 11 is 0. The largest absolute Gasteiger partial charge is 0.455 e. The lowest BCUT2D eigenvalue weighted by molar-refractivity contribution is -0.154. The van der Waals surface area contributed by atoms with E-state index < -0.39 is 11.8 Å². The molecule has 0 aliphatic carbocycles. The van der Waals surface area contributed by atoms with Gasteiger partial charge in [0.1, 0.15) is 6.61 Å². The zero-order chi connectivity index (χ0) is 15.5. The van der Waals surface area contributed by atoms with Crippen LogP contribution in [0.2, 0.25) is 0 Å². The highest BCUT2D eigenvalue weighted by atomic mass is 16.5. The third kappa shape index (κ3) is 7.61. The van der Waals surface area contributed by atoms with Crippen molar-refractivity contribution < 1.29 is 19.1 Å². The summed E-state index contributed by atoms with van der Waals surface area (Å²) in [5, 5.41) is 0. The second kappa shape index (κ2) is 10.1. The van der Waals surface area contributed by atoms with Crippen LogP contribution in [0.25, 0.3) is 0 Å². The number of methoxy groups -OCH3 is 1. The molecule has 4 nitrogen and oxygen atoms in total. The molecule has 0 fully saturated rings. The molecule has 0 bridgehead atoms. The van der Waals surface area contributed by atoms with Crippen LogP contribution in [0, 0.1) is 0 Å². The minimum absolute atomic E-state index is 0.150. The molecular formula is C17H24O4. The fourth-order valence-corrected chi connectivity index (χ4v) is 1.92. The zero-order valence-corrected chi connectivity index (χ0v) is 12.8. The Labute approximate surface area is 126 Å². The number of benzene rings is 1. The number of hydrogen-bond donors (Lipinski definition) is 0. The van der Waals surface area contributed by atoms with Gasteiger partial charge < -0.3 is 9.47 Å². The Bertz CT molecular complexity index is 428. The molecule has 0 saturated carbocycles. The fraction of sp³-hybridized carbons (Fsp3) is 0.529. The molecule has 0 spiro atoms. The van der Waals surface area contributed by atoms with Gasteiger partial charge in [-0.25, -0.2) is 4.79 Å². The predicted octanol–water partition coefficient (Wildman–Crippen LogP) is 3.28. The van der Waals surface area contributed by atoms with Crippen LogP contribution in [-0.2, 0) is 25.7 Å². The van der Waals surface area contributed by atoms with Gasteiger partial charge in [-0.3, -0.25) is 4.79 Å². The van der Waals surface area contributed by atoms with Gasteiger partial charge >= 0.3 is 5.97 Å². The van der Waals surface area contributed by atoms with Crippen LogP contribution in [0.3, 0.4) is 0 Å². The average molecular weight is 292 g/mol. The van der Waals surface area contributed by atoms with Gasteiger partial charge in [-0.05, 0) is 25.3 Å². The number of Topliss-reactive ketones (excluding diaryl/α,β-unsaturated/α-hetero) is 1. The normalized spacial score (nSPS) is 11.9. The van der Waals surface area contributed by atoms with Crippen LogP contribution in [0.15, 0.2) is 30.3 Å². The van der Waals surface area contributed by atoms with Gasteiger partial charge in [-0.15, -0.1) is 0 Å². The highest BCUT2D eigenvalue weighted by Gasteiger charge is 2.14. The average Bonchev–Trinajstić information content (AvgIpc) is 2.52. The van der Waals surface area contributed by atoms with E-state index in [1.807, 2.05) is 37.3 Å². The van der Waals surface area contributed by atoms with Crippen molar-refractivity contribution in [3.8, 4) is 0 Å². The number of carbonyl (C=O) groups is 2. The highest BCUT2D eigenvalue weighted by Crippen LogP contribution is 2.08. The Morgan fingerprint density at radius 1 is 1.10 bits per heavy atom. The Hall–Kier alpha value is -1.68. The Morgan fingerprint density at radius 2 is 1.81 bits per heavy atom. The first-order valence-electron chi connectivity index (χ1n) is 7.40. The Kier molecular flexibility index (Phi) is 8.36. The second-order valence-electron chi connectivity index (χ2n) is 5.13. The van der Waals surface area contributed by atoms with Crippen molar-refractivity contribution in [3.05, 3.63) is 35.9 Å². The van der Waals surface area contributed by atoms with Crippen molar-refractivity contribution in [2.75, 3.05) is 7.11 Å². The molecule has 0 aromatic heterocycles. The number of ether oxygens (including phenoxy) is 2. The molecule has 1 rings (SSSR count). The van der Waals surface area contributed by atoms with Gasteiger partial charge in [0.15, 0.2) is 0 Å². The number of unbranched alkanes of at least 4 members (excludes halogenated alkanes) is 2. The molecule has 0 N–H and O–H groups in total. The van der Waals surface area contributed by atoms with Gasteiger partial charge in [0.2, 0.25) is 5.78 Å². The van der Waals surface area contributed by atoms with E-state index >= 15 is 0 Å². The van der Waals surface area contributed by atoms with E-state index in [2.05, 4.69) is 0 Å². The molecule has 1 unspecified atom stereocenters. The second-order valence-corrected chi connectivity index (χ2v) is 5.13. The maximum Gasteiger partial charge on any atom is 0.374 e. The van der Waals surface area contributed by atoms with Crippen LogP contribution < -0.4 is 0 Å². The monoisotopic (exact) mass is 292 g/mol. The van der Waals surface area contributed by atoms with Crippen LogP contribution in [0.5, 0.6) is 0 Å². The van der Waals surface area contributed by atoms with Gasteiger partial charge in [-0.1, -0.05) is 43.2 Å². The van der Waals surface area contributed by atoms with E-state index in [1.165, 1.54) is 0 Å². The highest BCUT2D eigenvalue weighted by molar-refractivity contribution is 6.33. The third-order valence-electron chi connectivity index (χ3n) is 3.36. The van der Waals surface area contributed by atoms with Crippen LogP contribution in [0.1, 0.15) is 44.6 Å². The third-order valence-corrected chi connectivity index (χ3v) is 3.36. The summed E-state index contributed by atoms with van der Waals surface area (Å²) in [5.74, 6) is -1.17. The molecule has 0 amide bonds. The molecule has 1 aromatic carbocycles. The molecule has 1 aromatic rings. The van der Waals surface area contributed by atoms with Crippen molar-refractivity contribution in [2.45, 2.75) is 51.7 Å². The van der Waals surface area contributed by atoms with Crippen molar-refractivity contribution in [1.29, 1.82) is 0 Å². The summed E-state index contributed by atoms with van der Waals surface area (Å²) in [6, 6.07) is 9.34. The molecule has 4 heteroatoms. The van der Waals surface area contributed by atoms with Gasteiger partial charge in [0.25, 0.3) is 0 Å². The number of hydrogen-bond acceptors (Lipinski definition) is 4. The number of rotatable bonds is 10. The van der Waals surface area contributed by atoms with Crippen LogP contribution >= 0.6 is 0 Å². The van der Waals surface area contributed by atoms with Gasteiger partial charge in [-0.2, -0.15) is 0 Å². The summed E-state index contributed by atoms with van der Waals surface area (Å²) in [6.07, 6.45) is 4.12. The lowest BCUT2D eigenvalue weighted by Gasteiger charge is -2.08. The molecule has 0 saturated heterocycles. The summed E-state index contributed by atoms with van der Waals surface area (Å²) in [7, 11) is 1.69. The SMILES string of the molecule is COC(C)CCCCCC(=O)C(=O)OCc1ccccc1. The van der Waals surface area contributed by atoms with Crippen LogP contribution in [-0.4, -0.2) is 25.0 Å². The summed E-state index contributed by atoms with van der Waals surface area (Å²) in [5.41, 5.74) is 0.882. The molecule has 0 aliphatic rings. The van der Waals surface area contributed by atoms with E-state index in [9.17, 15) is 9.59 Å². The number of ketones is 1. The Balaban J connectivity index is 2.12. The molecule has 0 heterocycles. The molecule has 1 atom stereocenters. The maximum absolute atomic E-state index is 11.6. The molecule has 0 radical (unpaired) electrons. The predicted molar refractivity (Wildman–Crippen MR) is 80.8 cm³/mol. The summed E-state index contributed by atoms with van der Waals surface area (Å²) < 4.78 is 10.1. The van der Waals surface area contributed by atoms with Crippen molar-refractivity contribution in [2.24, 2.45) is 0 Å². The van der Waals surface area contributed by atoms with E-state index in [0.29, 0.717) is 0 Å². The minimum atomic E-state index is -0.732. The smallest absolute Gasteiger partial charge is 0.374 e. The quantitative estimate of drug-likeness (QED) is 0.377. The maximum atomic E-state index is 11.6. The molecule has 116 valence electrons. The van der Waals surface area contributed by atoms with Crippen LogP contribution in [0.4, 0.5) is 0 Å². The minimum Gasteiger partial charge on any atom is -0.455 e. The van der Waals surface area contributed by atoms with Gasteiger partial charge in [0, 0.05) is 13.5 Å². The Morgan fingerprint density at radius 3 is 2.48 bits per heavy atom. The summed E-state index contributed by atoms with van der Waals surface area (Å²) in [6.45, 7) is 2.17. The van der Waals surface area contributed by atoms with Gasteiger partial charge in [0.05, 0.1) is 6.10 Å². The molecule has 0 aliphatic heterocycles. The lowest BCUT2D eigenvalue weighted by Crippen LogP contribution is -2.17. The standard InChI is InChI=1S/C17H24O4/c1-14(20-2)9-5-3-8-12-16(18)17(19)21-13-15-10-6-4-7-11-15/h4,6-7,10-11,14H,3,5,8-9,12-13H2,1-2H3. The van der Waals surface area contributed by atoms with E-state index in [0.717, 1.165) is 31.2 Å². The first-order valence-corrected chi connectivity index (χ1v) is 7.40. The summed E-state index contributed by atoms with van der Waals surface area (Å²) in [4.78, 5) is 23.2. The van der Waals surface area contributed by atoms with Crippen molar-refractivity contribution >= 4 is 11.8 Å². The molecule has 21 heavy (non-hydrogen) atoms. The van der Waals surface area contributed by atoms with E-state index in [-0.39, 0.29) is 19.1 Å². The fourth-order valence-electron chi connectivity index (χ4n) is 1.92. The number of carbonyl (C=O) groups excluding carboxylic acids is 2. The zero-order valence-electron chi connectivity index (χ0n) is 12.8. The first kappa shape index (κ1) is 17.4.